The average Bonchev–Trinajstić information content (AvgIpc) is 2.36. The number of nitrogens with one attached hydrogen (secondary N) is 1. The molecule has 0 aliphatic heterocycles. The number of benzene rings is 1. The second-order valence-corrected chi connectivity index (χ2v) is 7.40. The van der Waals surface area contributed by atoms with Crippen LogP contribution in [0.15, 0.2) is 28.7 Å². The van der Waals surface area contributed by atoms with Crippen molar-refractivity contribution < 1.29 is 14.7 Å². The normalized spacial score (nSPS) is 13.2. The van der Waals surface area contributed by atoms with Gasteiger partial charge in [0, 0.05) is 11.8 Å². The monoisotopic (exact) mass is 358 g/mol. The van der Waals surface area contributed by atoms with Gasteiger partial charge in [-0.2, -0.15) is 0 Å². The topological polar surface area (TPSA) is 33.9 Å². The molecule has 0 saturated heterocycles. The zero-order valence-electron chi connectivity index (χ0n) is 13.6. The summed E-state index contributed by atoms with van der Waals surface area (Å²) in [6, 6.07) is 7.73. The van der Waals surface area contributed by atoms with E-state index in [1.807, 2.05) is 24.3 Å². The minimum atomic E-state index is -0.440. The van der Waals surface area contributed by atoms with Crippen LogP contribution in [0.25, 0.3) is 0 Å². The van der Waals surface area contributed by atoms with Crippen molar-refractivity contribution in [2.24, 2.45) is 11.8 Å². The summed E-state index contributed by atoms with van der Waals surface area (Å²) < 4.78 is 6.62. The van der Waals surface area contributed by atoms with Crippen molar-refractivity contribution in [1.29, 1.82) is 0 Å². The van der Waals surface area contributed by atoms with Gasteiger partial charge in [0.05, 0.1) is 17.6 Å². The molecule has 0 unspecified atom stereocenters. The minimum Gasteiger partial charge on any atom is -0.489 e. The van der Waals surface area contributed by atoms with Gasteiger partial charge in [0.2, 0.25) is 0 Å². The van der Waals surface area contributed by atoms with Crippen LogP contribution in [0.1, 0.15) is 27.7 Å². The third-order valence-electron chi connectivity index (χ3n) is 3.19. The van der Waals surface area contributed by atoms with E-state index in [-0.39, 0.29) is 0 Å². The fourth-order valence-electron chi connectivity index (χ4n) is 2.54. The van der Waals surface area contributed by atoms with E-state index in [1.165, 1.54) is 4.90 Å². The van der Waals surface area contributed by atoms with Crippen LogP contribution in [0.4, 0.5) is 0 Å². The van der Waals surface area contributed by atoms with E-state index in [4.69, 9.17) is 4.74 Å². The maximum atomic E-state index is 10.2. The van der Waals surface area contributed by atoms with Gasteiger partial charge in [0.15, 0.2) is 0 Å². The quantitative estimate of drug-likeness (QED) is 0.710. The second-order valence-electron chi connectivity index (χ2n) is 6.55. The van der Waals surface area contributed by atoms with Crippen LogP contribution in [-0.2, 0) is 0 Å². The summed E-state index contributed by atoms with van der Waals surface area (Å²) in [6.07, 6.45) is -0.440. The SMILES string of the molecule is CC(C)C[NH+](CC(C)C)C[C@H](O)COc1ccccc1Br. The summed E-state index contributed by atoms with van der Waals surface area (Å²) in [4.78, 5) is 1.45. The maximum Gasteiger partial charge on any atom is 0.137 e. The lowest BCUT2D eigenvalue weighted by Gasteiger charge is -2.25. The molecule has 0 fully saturated rings. The molecule has 1 aromatic carbocycles. The van der Waals surface area contributed by atoms with Gasteiger partial charge in [-0.05, 0) is 28.1 Å². The molecule has 0 amide bonds. The zero-order chi connectivity index (χ0) is 15.8. The van der Waals surface area contributed by atoms with Crippen molar-refractivity contribution in [3.8, 4) is 5.75 Å². The minimum absolute atomic E-state index is 0.336. The molecule has 120 valence electrons. The van der Waals surface area contributed by atoms with Crippen LogP contribution in [-0.4, -0.2) is 37.5 Å². The van der Waals surface area contributed by atoms with E-state index < -0.39 is 6.10 Å². The Morgan fingerprint density at radius 3 is 2.14 bits per heavy atom. The number of halogens is 1. The molecular formula is C17H29BrNO2+. The summed E-state index contributed by atoms with van der Waals surface area (Å²) in [6.45, 7) is 12.2. The molecule has 0 heterocycles. The van der Waals surface area contributed by atoms with Crippen LogP contribution in [0, 0.1) is 11.8 Å². The van der Waals surface area contributed by atoms with Crippen LogP contribution >= 0.6 is 15.9 Å². The van der Waals surface area contributed by atoms with Crippen LogP contribution in [0.2, 0.25) is 0 Å². The predicted molar refractivity (Wildman–Crippen MR) is 90.9 cm³/mol. The summed E-state index contributed by atoms with van der Waals surface area (Å²) in [5, 5.41) is 10.2. The fourth-order valence-corrected chi connectivity index (χ4v) is 2.94. The molecule has 0 aliphatic rings. The third kappa shape index (κ3) is 7.84. The Bertz CT molecular complexity index is 400. The number of aliphatic hydroxyl groups excluding tert-OH is 1. The Balaban J connectivity index is 2.46. The molecule has 0 aliphatic carbocycles. The van der Waals surface area contributed by atoms with Crippen molar-refractivity contribution in [1.82, 2.24) is 0 Å². The molecule has 1 aromatic rings. The second kappa shape index (κ2) is 9.44. The first-order valence-corrected chi connectivity index (χ1v) is 8.56. The van der Waals surface area contributed by atoms with Crippen molar-refractivity contribution in [2.75, 3.05) is 26.2 Å². The summed E-state index contributed by atoms with van der Waals surface area (Å²) in [5.41, 5.74) is 0. The lowest BCUT2D eigenvalue weighted by molar-refractivity contribution is -0.909. The summed E-state index contributed by atoms with van der Waals surface area (Å²) in [5.74, 6) is 2.05. The number of aliphatic hydroxyl groups is 1. The van der Waals surface area contributed by atoms with E-state index in [0.717, 1.165) is 29.9 Å². The van der Waals surface area contributed by atoms with Crippen LogP contribution in [0.3, 0.4) is 0 Å². The molecule has 0 spiro atoms. The Kier molecular flexibility index (Phi) is 8.30. The summed E-state index contributed by atoms with van der Waals surface area (Å²) >= 11 is 3.45. The lowest BCUT2D eigenvalue weighted by Crippen LogP contribution is -3.14. The number of hydrogen-bond donors (Lipinski definition) is 2. The van der Waals surface area contributed by atoms with Crippen molar-refractivity contribution in [3.63, 3.8) is 0 Å². The number of ether oxygens (including phenoxy) is 1. The molecule has 3 nitrogen and oxygen atoms in total. The standard InChI is InChI=1S/C17H28BrNO2/c1-13(2)9-19(10-14(3)4)11-15(20)12-21-17-8-6-5-7-16(17)18/h5-8,13-15,20H,9-12H2,1-4H3/p+1/t15-/m0/s1. The van der Waals surface area contributed by atoms with Gasteiger partial charge in [-0.1, -0.05) is 39.8 Å². The van der Waals surface area contributed by atoms with E-state index in [9.17, 15) is 5.11 Å². The molecule has 0 radical (unpaired) electrons. The fraction of sp³-hybridized carbons (Fsp3) is 0.647. The van der Waals surface area contributed by atoms with Crippen molar-refractivity contribution in [3.05, 3.63) is 28.7 Å². The number of hydrogen-bond acceptors (Lipinski definition) is 2. The van der Waals surface area contributed by atoms with Crippen LogP contribution < -0.4 is 9.64 Å². The Labute approximate surface area is 137 Å². The van der Waals surface area contributed by atoms with Gasteiger partial charge in [0.1, 0.15) is 25.0 Å². The molecule has 4 heteroatoms. The van der Waals surface area contributed by atoms with E-state index in [2.05, 4.69) is 43.6 Å². The van der Waals surface area contributed by atoms with Gasteiger partial charge in [-0.15, -0.1) is 0 Å². The van der Waals surface area contributed by atoms with Gasteiger partial charge >= 0.3 is 0 Å². The van der Waals surface area contributed by atoms with E-state index in [1.54, 1.807) is 0 Å². The van der Waals surface area contributed by atoms with Gasteiger partial charge in [-0.3, -0.25) is 0 Å². The highest BCUT2D eigenvalue weighted by atomic mass is 79.9. The summed E-state index contributed by atoms with van der Waals surface area (Å²) in [7, 11) is 0. The Hall–Kier alpha value is -0.580. The molecule has 1 rings (SSSR count). The maximum absolute atomic E-state index is 10.2. The third-order valence-corrected chi connectivity index (χ3v) is 3.84. The molecule has 0 saturated carbocycles. The molecule has 21 heavy (non-hydrogen) atoms. The highest BCUT2D eigenvalue weighted by molar-refractivity contribution is 9.10. The largest absolute Gasteiger partial charge is 0.489 e. The molecule has 0 bridgehead atoms. The molecule has 2 N–H and O–H groups in total. The highest BCUT2D eigenvalue weighted by Crippen LogP contribution is 2.23. The lowest BCUT2D eigenvalue weighted by atomic mass is 10.1. The number of para-hydroxylation sites is 1. The van der Waals surface area contributed by atoms with Gasteiger partial charge < -0.3 is 14.7 Å². The number of quaternary nitrogens is 1. The van der Waals surface area contributed by atoms with Crippen LogP contribution in [0.5, 0.6) is 5.75 Å². The molecule has 1 atom stereocenters. The smallest absolute Gasteiger partial charge is 0.137 e. The van der Waals surface area contributed by atoms with Gasteiger partial charge in [-0.25, -0.2) is 0 Å². The van der Waals surface area contributed by atoms with Gasteiger partial charge in [0.25, 0.3) is 0 Å². The first kappa shape index (κ1) is 18.5. The average molecular weight is 359 g/mol. The first-order chi connectivity index (χ1) is 9.88. The van der Waals surface area contributed by atoms with E-state index >= 15 is 0 Å². The zero-order valence-corrected chi connectivity index (χ0v) is 15.2. The molecular weight excluding hydrogens is 330 g/mol. The Morgan fingerprint density at radius 2 is 1.62 bits per heavy atom. The number of rotatable bonds is 9. The Morgan fingerprint density at radius 1 is 1.05 bits per heavy atom. The predicted octanol–water partition coefficient (Wildman–Crippen LogP) is 2.39. The van der Waals surface area contributed by atoms with Crippen molar-refractivity contribution >= 4 is 15.9 Å². The first-order valence-electron chi connectivity index (χ1n) is 7.77. The van der Waals surface area contributed by atoms with E-state index in [0.29, 0.717) is 18.4 Å². The molecule has 0 aromatic heterocycles. The highest BCUT2D eigenvalue weighted by Gasteiger charge is 2.18. The van der Waals surface area contributed by atoms with Crippen molar-refractivity contribution in [2.45, 2.75) is 33.8 Å².